The third-order valence-corrected chi connectivity index (χ3v) is 16.0. The minimum absolute atomic E-state index is 0.248. The number of nitrogens with one attached hydrogen (secondary N) is 3. The van der Waals surface area contributed by atoms with Crippen molar-refractivity contribution in [3.63, 3.8) is 0 Å². The van der Waals surface area contributed by atoms with Crippen LogP contribution in [0.4, 0.5) is 5.69 Å². The smallest absolute Gasteiger partial charge is 0.255 e. The molecule has 0 saturated heterocycles. The number of pyridine rings is 2. The van der Waals surface area contributed by atoms with Gasteiger partial charge in [-0.05, 0) is 138 Å². The number of unbranched alkanes of at least 4 members (excludes halogenated alkanes) is 4. The molecule has 9 heteroatoms. The van der Waals surface area contributed by atoms with E-state index in [1.54, 1.807) is 0 Å². The van der Waals surface area contributed by atoms with Gasteiger partial charge in [0.25, 0.3) is 5.91 Å². The van der Waals surface area contributed by atoms with E-state index >= 15 is 0 Å². The van der Waals surface area contributed by atoms with Crippen LogP contribution < -0.4 is 10.1 Å². The molecule has 2 aliphatic heterocycles. The molecule has 410 valence electrons. The molecule has 85 heavy (non-hydrogen) atoms. The number of ether oxygens (including phenoxy) is 1. The lowest BCUT2D eigenvalue weighted by Crippen LogP contribution is -2.12. The number of aromatic nitrogens is 6. The van der Waals surface area contributed by atoms with E-state index in [4.69, 9.17) is 24.7 Å². The maximum absolute atomic E-state index is 14.5. The second kappa shape index (κ2) is 23.2. The van der Waals surface area contributed by atoms with Crippen LogP contribution in [0.15, 0.2) is 224 Å². The second-order valence-electron chi connectivity index (χ2n) is 21.6. The molecule has 12 aromatic rings. The fourth-order valence-electron chi connectivity index (χ4n) is 11.7. The van der Waals surface area contributed by atoms with E-state index in [0.29, 0.717) is 11.3 Å². The van der Waals surface area contributed by atoms with Crippen LogP contribution in [0.3, 0.4) is 0 Å². The molecule has 1 amide bonds. The normalized spacial score (nSPS) is 11.8. The second-order valence-corrected chi connectivity index (χ2v) is 21.6. The van der Waals surface area contributed by atoms with Crippen LogP contribution in [0.5, 0.6) is 5.75 Å². The number of anilines is 1. The average molecular weight is 1100 g/mol. The largest absolute Gasteiger partial charge is 0.494 e. The van der Waals surface area contributed by atoms with Gasteiger partial charge in [0.2, 0.25) is 0 Å². The predicted molar refractivity (Wildman–Crippen MR) is 351 cm³/mol. The Kier molecular flexibility index (Phi) is 14.3. The first kappa shape index (κ1) is 52.3. The van der Waals surface area contributed by atoms with E-state index in [1.165, 1.54) is 25.7 Å². The summed E-state index contributed by atoms with van der Waals surface area (Å²) in [5, 5.41) is 5.22. The highest BCUT2D eigenvalue weighted by Gasteiger charge is 2.20. The van der Waals surface area contributed by atoms with Crippen molar-refractivity contribution in [3.05, 3.63) is 253 Å². The number of carbonyl (C=O) groups is 1. The van der Waals surface area contributed by atoms with Crippen LogP contribution >= 0.6 is 0 Å². The Morgan fingerprint density at radius 3 is 1.36 bits per heavy atom. The first-order chi connectivity index (χ1) is 42.0. The molecular formula is C76H59N7O2. The topological polar surface area (TPSA) is 121 Å². The molecule has 0 aliphatic carbocycles. The van der Waals surface area contributed by atoms with Gasteiger partial charge in [-0.2, -0.15) is 0 Å². The van der Waals surface area contributed by atoms with E-state index < -0.39 is 0 Å². The van der Waals surface area contributed by atoms with Gasteiger partial charge >= 0.3 is 0 Å². The average Bonchev–Trinajstić information content (AvgIpc) is 2.77. The van der Waals surface area contributed by atoms with Gasteiger partial charge in [0.05, 0.1) is 51.8 Å². The van der Waals surface area contributed by atoms with Crippen molar-refractivity contribution in [2.24, 2.45) is 0 Å². The lowest BCUT2D eigenvalue weighted by Gasteiger charge is -2.11. The summed E-state index contributed by atoms with van der Waals surface area (Å²) in [7, 11) is 0. The number of fused-ring (bicyclic) bond motifs is 11. The zero-order valence-corrected chi connectivity index (χ0v) is 47.0. The van der Waals surface area contributed by atoms with E-state index in [9.17, 15) is 4.79 Å². The highest BCUT2D eigenvalue weighted by molar-refractivity contribution is 6.07. The number of benzene rings is 7. The fraction of sp³-hybridized carbons (Fsp3) is 0.0921. The number of hydrogen-bond acceptors (Lipinski definition) is 6. The van der Waals surface area contributed by atoms with Crippen molar-refractivity contribution < 1.29 is 9.53 Å². The maximum Gasteiger partial charge on any atom is 0.255 e. The van der Waals surface area contributed by atoms with Crippen LogP contribution in [0.25, 0.3) is 135 Å². The van der Waals surface area contributed by atoms with Crippen molar-refractivity contribution in [1.29, 1.82) is 0 Å². The van der Waals surface area contributed by atoms with Crippen LogP contribution in [0.2, 0.25) is 0 Å². The number of carbonyl (C=O) groups excluding carboxylic acids is 1. The SMILES string of the molecule is CCCCCCCOc1ccc(-c2ccc3ccc4ccc(-c5cccc(C(=O)Nc6cccc(-c7c8nc(c(-c9ccccc9)c9ccc([nH]9)c(-c9ccccc9)c9nc(c(-c%10ccccc%10)c%10ccc7[nH]%10)C=C9)C=C8)c6)c5)nc4c3n2)cc1. The summed E-state index contributed by atoms with van der Waals surface area (Å²) in [6.07, 6.45) is 14.4. The molecule has 0 fully saturated rings. The highest BCUT2D eigenvalue weighted by atomic mass is 16.5. The molecule has 8 bridgehead atoms. The van der Waals surface area contributed by atoms with Gasteiger partial charge < -0.3 is 20.0 Å². The van der Waals surface area contributed by atoms with E-state index in [1.807, 2.05) is 78.9 Å². The van der Waals surface area contributed by atoms with Crippen molar-refractivity contribution >= 4 is 79.8 Å². The molecule has 0 atom stereocenters. The van der Waals surface area contributed by atoms with Gasteiger partial charge in [0, 0.05) is 77.5 Å². The number of aromatic amines is 2. The van der Waals surface area contributed by atoms with E-state index in [0.717, 1.165) is 152 Å². The van der Waals surface area contributed by atoms with Crippen molar-refractivity contribution in [2.45, 2.75) is 39.0 Å². The van der Waals surface area contributed by atoms with Crippen molar-refractivity contribution in [2.75, 3.05) is 11.9 Å². The fourth-order valence-corrected chi connectivity index (χ4v) is 11.7. The number of rotatable bonds is 15. The monoisotopic (exact) mass is 1100 g/mol. The summed E-state index contributed by atoms with van der Waals surface area (Å²) in [6.45, 7) is 2.95. The van der Waals surface area contributed by atoms with E-state index in [2.05, 4.69) is 192 Å². The number of hydrogen-bond donors (Lipinski definition) is 3. The van der Waals surface area contributed by atoms with Gasteiger partial charge in [-0.25, -0.2) is 19.9 Å². The van der Waals surface area contributed by atoms with Gasteiger partial charge in [-0.1, -0.05) is 172 Å². The van der Waals surface area contributed by atoms with Crippen molar-refractivity contribution in [3.8, 4) is 72.8 Å². The standard InChI is InChI=1S/C76H59N7O2/c1-2-3-4-5-15-46-85-59-34-30-49(31-35-59)60-36-32-53-28-29-54-33-37-61(83-75(54)74(53)82-60)55-24-16-26-57(47-55)76(84)77-58-27-17-25-56(48-58)73-68-44-42-66(80-68)71(51-20-11-7-12-21-51)64-40-38-62(78-64)70(50-18-9-6-10-19-50)63-39-41-65(79-63)72(52-22-13-8-14-23-52)67-43-45-69(73)81-67/h6-14,16-45,47-48,78,81H,2-5,15,46H2,1H3,(H,77,84). The summed E-state index contributed by atoms with van der Waals surface area (Å²) in [5.41, 5.74) is 20.8. The molecule has 9 nitrogen and oxygen atoms in total. The van der Waals surface area contributed by atoms with E-state index in [-0.39, 0.29) is 5.91 Å². The van der Waals surface area contributed by atoms with Gasteiger partial charge in [0.1, 0.15) is 5.75 Å². The molecule has 3 N–H and O–H groups in total. The third kappa shape index (κ3) is 10.7. The third-order valence-electron chi connectivity index (χ3n) is 16.0. The predicted octanol–water partition coefficient (Wildman–Crippen LogP) is 19.4. The van der Waals surface area contributed by atoms with Crippen LogP contribution in [0, 0.1) is 0 Å². The Balaban J connectivity index is 0.826. The van der Waals surface area contributed by atoms with Gasteiger partial charge in [-0.3, -0.25) is 4.79 Å². The summed E-state index contributed by atoms with van der Waals surface area (Å²) in [5.74, 6) is 0.619. The molecule has 14 rings (SSSR count). The Labute approximate surface area is 493 Å². The lowest BCUT2D eigenvalue weighted by atomic mass is 10.0. The first-order valence-corrected chi connectivity index (χ1v) is 29.3. The Morgan fingerprint density at radius 2 is 0.847 bits per heavy atom. The van der Waals surface area contributed by atoms with Gasteiger partial charge in [-0.15, -0.1) is 0 Å². The molecule has 7 heterocycles. The minimum atomic E-state index is -0.248. The zero-order valence-electron chi connectivity index (χ0n) is 47.0. The quantitative estimate of drug-likeness (QED) is 0.0694. The zero-order chi connectivity index (χ0) is 57.1. The summed E-state index contributed by atoms with van der Waals surface area (Å²) in [4.78, 5) is 43.5. The first-order valence-electron chi connectivity index (χ1n) is 29.3. The minimum Gasteiger partial charge on any atom is -0.494 e. The van der Waals surface area contributed by atoms with Gasteiger partial charge in [0.15, 0.2) is 0 Å². The summed E-state index contributed by atoms with van der Waals surface area (Å²) >= 11 is 0. The van der Waals surface area contributed by atoms with Crippen molar-refractivity contribution in [1.82, 2.24) is 29.9 Å². The molecule has 0 radical (unpaired) electrons. The molecule has 0 spiro atoms. The lowest BCUT2D eigenvalue weighted by molar-refractivity contribution is 0.102. The Hall–Kier alpha value is -10.8. The van der Waals surface area contributed by atoms with Crippen LogP contribution in [0.1, 0.15) is 72.2 Å². The van der Waals surface area contributed by atoms with Crippen LogP contribution in [-0.2, 0) is 0 Å². The summed E-state index contributed by atoms with van der Waals surface area (Å²) in [6, 6.07) is 76.0. The Bertz CT molecular complexity index is 4700. The molecule has 0 saturated carbocycles. The molecule has 5 aromatic heterocycles. The maximum atomic E-state index is 14.5. The molecule has 2 aliphatic rings. The summed E-state index contributed by atoms with van der Waals surface area (Å²) < 4.78 is 6.06. The number of H-pyrrole nitrogens is 2. The van der Waals surface area contributed by atoms with Crippen LogP contribution in [-0.4, -0.2) is 42.4 Å². The molecule has 0 unspecified atom stereocenters. The molecular weight excluding hydrogens is 1040 g/mol. The highest BCUT2D eigenvalue weighted by Crippen LogP contribution is 2.39. The molecule has 7 aromatic carbocycles. The number of nitrogens with zero attached hydrogens (tertiary/aromatic N) is 4. The Morgan fingerprint density at radius 1 is 0.400 bits per heavy atom. The number of amides is 1.